The second kappa shape index (κ2) is 5.85. The molecule has 0 radical (unpaired) electrons. The number of anilines is 1. The number of pyridine rings is 1. The van der Waals surface area contributed by atoms with Crippen molar-refractivity contribution in [1.29, 1.82) is 0 Å². The molecule has 2 heterocycles. The molecule has 8 heteroatoms. The highest BCUT2D eigenvalue weighted by molar-refractivity contribution is 7.89. The van der Waals surface area contributed by atoms with Crippen molar-refractivity contribution >= 4 is 27.4 Å². The van der Waals surface area contributed by atoms with Crippen molar-refractivity contribution in [2.75, 3.05) is 37.8 Å². The minimum Gasteiger partial charge on any atom is -0.391 e. The summed E-state index contributed by atoms with van der Waals surface area (Å²) in [5.41, 5.74) is 0. The maximum atomic E-state index is 11.9. The van der Waals surface area contributed by atoms with Crippen LogP contribution in [0.4, 0.5) is 5.82 Å². The first-order valence-electron chi connectivity index (χ1n) is 6.25. The molecular weight excluding hydrogens is 302 g/mol. The van der Waals surface area contributed by atoms with Crippen LogP contribution in [0.25, 0.3) is 0 Å². The Hall–Kier alpha value is -0.890. The van der Waals surface area contributed by atoms with E-state index in [4.69, 9.17) is 11.6 Å². The number of aliphatic hydroxyl groups excluding tert-OH is 1. The standard InChI is InChI=1S/C12H18ClN3O3S/c1-15(2)20(18,19)8-9-6-16(7-11(9)17)12-10(13)4-3-5-14-12/h3-5,9,11,17H,6-8H2,1-2H3/t9-,11+/m0/s1. The molecule has 1 aromatic rings. The summed E-state index contributed by atoms with van der Waals surface area (Å²) < 4.78 is 25.0. The zero-order valence-corrected chi connectivity index (χ0v) is 13.0. The van der Waals surface area contributed by atoms with E-state index in [1.54, 1.807) is 18.3 Å². The van der Waals surface area contributed by atoms with Crippen LogP contribution in [-0.4, -0.2) is 61.9 Å². The number of hydrogen-bond donors (Lipinski definition) is 1. The third-order valence-corrected chi connectivity index (χ3v) is 5.68. The van der Waals surface area contributed by atoms with Crippen LogP contribution in [-0.2, 0) is 10.0 Å². The van der Waals surface area contributed by atoms with Crippen molar-refractivity contribution in [3.8, 4) is 0 Å². The fraction of sp³-hybridized carbons (Fsp3) is 0.583. The number of nitrogens with zero attached hydrogens (tertiary/aromatic N) is 3. The van der Waals surface area contributed by atoms with Crippen LogP contribution in [0.2, 0.25) is 5.02 Å². The van der Waals surface area contributed by atoms with Gasteiger partial charge in [0.2, 0.25) is 10.0 Å². The Balaban J connectivity index is 2.12. The molecule has 2 rings (SSSR count). The summed E-state index contributed by atoms with van der Waals surface area (Å²) in [7, 11) is -0.357. The average molecular weight is 320 g/mol. The topological polar surface area (TPSA) is 73.7 Å². The zero-order chi connectivity index (χ0) is 14.9. The lowest BCUT2D eigenvalue weighted by atomic mass is 10.1. The molecule has 1 saturated heterocycles. The molecule has 20 heavy (non-hydrogen) atoms. The lowest BCUT2D eigenvalue weighted by Crippen LogP contribution is -2.33. The minimum atomic E-state index is -3.34. The smallest absolute Gasteiger partial charge is 0.214 e. The van der Waals surface area contributed by atoms with Crippen LogP contribution in [0.5, 0.6) is 0 Å². The Morgan fingerprint density at radius 3 is 2.80 bits per heavy atom. The second-order valence-electron chi connectivity index (χ2n) is 5.10. The number of hydrogen-bond acceptors (Lipinski definition) is 5. The van der Waals surface area contributed by atoms with Gasteiger partial charge < -0.3 is 10.0 Å². The van der Waals surface area contributed by atoms with Gasteiger partial charge in [0, 0.05) is 39.3 Å². The molecule has 0 bridgehead atoms. The fourth-order valence-corrected chi connectivity index (χ4v) is 3.63. The summed E-state index contributed by atoms with van der Waals surface area (Å²) in [4.78, 5) is 6.01. The molecular formula is C12H18ClN3O3S. The highest BCUT2D eigenvalue weighted by Crippen LogP contribution is 2.29. The van der Waals surface area contributed by atoms with Gasteiger partial charge in [-0.1, -0.05) is 11.6 Å². The first kappa shape index (κ1) is 15.5. The first-order valence-corrected chi connectivity index (χ1v) is 8.23. The first-order chi connectivity index (χ1) is 9.31. The van der Waals surface area contributed by atoms with Crippen LogP contribution in [0.3, 0.4) is 0 Å². The highest BCUT2D eigenvalue weighted by Gasteiger charge is 2.36. The van der Waals surface area contributed by atoms with Gasteiger partial charge in [0.15, 0.2) is 0 Å². The summed E-state index contributed by atoms with van der Waals surface area (Å²) in [5.74, 6) is 0.153. The van der Waals surface area contributed by atoms with E-state index >= 15 is 0 Å². The van der Waals surface area contributed by atoms with E-state index in [-0.39, 0.29) is 11.7 Å². The Labute approximate surface area is 124 Å². The number of halogens is 1. The molecule has 0 saturated carbocycles. The quantitative estimate of drug-likeness (QED) is 0.871. The molecule has 112 valence electrons. The maximum Gasteiger partial charge on any atom is 0.214 e. The summed E-state index contributed by atoms with van der Waals surface area (Å²) in [5, 5.41) is 10.6. The average Bonchev–Trinajstić information content (AvgIpc) is 2.70. The number of rotatable bonds is 4. The van der Waals surface area contributed by atoms with E-state index in [1.807, 2.05) is 4.90 Å². The van der Waals surface area contributed by atoms with Crippen molar-refractivity contribution < 1.29 is 13.5 Å². The summed E-state index contributed by atoms with van der Waals surface area (Å²) >= 11 is 6.07. The Morgan fingerprint density at radius 2 is 2.20 bits per heavy atom. The van der Waals surface area contributed by atoms with Gasteiger partial charge in [-0.3, -0.25) is 0 Å². The predicted octanol–water partition coefficient (Wildman–Crippen LogP) is 0.424. The lowest BCUT2D eigenvalue weighted by molar-refractivity contribution is 0.157. The van der Waals surface area contributed by atoms with Gasteiger partial charge in [-0.05, 0) is 12.1 Å². The Kier molecular flexibility index (Phi) is 4.53. The van der Waals surface area contributed by atoms with Crippen LogP contribution >= 0.6 is 11.6 Å². The molecule has 0 unspecified atom stereocenters. The van der Waals surface area contributed by atoms with E-state index in [1.165, 1.54) is 18.4 Å². The van der Waals surface area contributed by atoms with Crippen LogP contribution in [0.1, 0.15) is 0 Å². The Morgan fingerprint density at radius 1 is 1.50 bits per heavy atom. The molecule has 6 nitrogen and oxygen atoms in total. The van der Waals surface area contributed by atoms with Gasteiger partial charge in [-0.25, -0.2) is 17.7 Å². The third kappa shape index (κ3) is 3.22. The van der Waals surface area contributed by atoms with Crippen LogP contribution in [0.15, 0.2) is 18.3 Å². The summed E-state index contributed by atoms with van der Waals surface area (Å²) in [6.07, 6.45) is 0.917. The normalized spacial score (nSPS) is 23.6. The monoisotopic (exact) mass is 319 g/mol. The molecule has 1 aliphatic heterocycles. The predicted molar refractivity (Wildman–Crippen MR) is 78.4 cm³/mol. The van der Waals surface area contributed by atoms with Crippen molar-refractivity contribution in [2.24, 2.45) is 5.92 Å². The third-order valence-electron chi connectivity index (χ3n) is 3.43. The molecule has 0 aliphatic carbocycles. The lowest BCUT2D eigenvalue weighted by Gasteiger charge is -2.19. The molecule has 1 fully saturated rings. The molecule has 0 spiro atoms. The number of β-amino-alcohol motifs (C(OH)–C–C–N with tert-alkyl or cyclic N) is 1. The van der Waals surface area contributed by atoms with Crippen LogP contribution in [0, 0.1) is 5.92 Å². The van der Waals surface area contributed by atoms with E-state index in [2.05, 4.69) is 4.98 Å². The Bertz CT molecular complexity index is 579. The van der Waals surface area contributed by atoms with Gasteiger partial charge in [0.25, 0.3) is 0 Å². The maximum absolute atomic E-state index is 11.9. The molecule has 0 amide bonds. The van der Waals surface area contributed by atoms with Gasteiger partial charge in [-0.2, -0.15) is 0 Å². The van der Waals surface area contributed by atoms with E-state index < -0.39 is 16.1 Å². The summed E-state index contributed by atoms with van der Waals surface area (Å²) in [6, 6.07) is 3.45. The highest BCUT2D eigenvalue weighted by atomic mass is 35.5. The van der Waals surface area contributed by atoms with Gasteiger partial charge in [-0.15, -0.1) is 0 Å². The summed E-state index contributed by atoms with van der Waals surface area (Å²) in [6.45, 7) is 0.759. The number of aromatic nitrogens is 1. The number of aliphatic hydroxyl groups is 1. The SMILES string of the molecule is CN(C)S(=O)(=O)C[C@@H]1CN(c2ncccc2Cl)C[C@H]1O. The van der Waals surface area contributed by atoms with Crippen molar-refractivity contribution in [2.45, 2.75) is 6.10 Å². The second-order valence-corrected chi connectivity index (χ2v) is 7.74. The number of sulfonamides is 1. The fourth-order valence-electron chi connectivity index (χ4n) is 2.22. The van der Waals surface area contributed by atoms with E-state index in [0.29, 0.717) is 23.9 Å². The molecule has 1 aromatic heterocycles. The van der Waals surface area contributed by atoms with Crippen molar-refractivity contribution in [3.63, 3.8) is 0 Å². The molecule has 1 N–H and O–H groups in total. The molecule has 0 aromatic carbocycles. The molecule has 1 aliphatic rings. The van der Waals surface area contributed by atoms with Gasteiger partial charge in [0.1, 0.15) is 5.82 Å². The van der Waals surface area contributed by atoms with E-state index in [9.17, 15) is 13.5 Å². The van der Waals surface area contributed by atoms with E-state index in [0.717, 1.165) is 0 Å². The minimum absolute atomic E-state index is 0.0812. The van der Waals surface area contributed by atoms with Crippen LogP contribution < -0.4 is 4.90 Å². The zero-order valence-electron chi connectivity index (χ0n) is 11.4. The van der Waals surface area contributed by atoms with Gasteiger partial charge in [0.05, 0.1) is 16.9 Å². The van der Waals surface area contributed by atoms with Crippen molar-refractivity contribution in [3.05, 3.63) is 23.4 Å². The largest absolute Gasteiger partial charge is 0.391 e. The van der Waals surface area contributed by atoms with Gasteiger partial charge >= 0.3 is 0 Å². The van der Waals surface area contributed by atoms with Crippen molar-refractivity contribution in [1.82, 2.24) is 9.29 Å². The molecule has 2 atom stereocenters.